The Kier molecular flexibility index (Phi) is 14.3. The van der Waals surface area contributed by atoms with Crippen LogP contribution in [0.2, 0.25) is 0 Å². The summed E-state index contributed by atoms with van der Waals surface area (Å²) >= 11 is 0. The summed E-state index contributed by atoms with van der Waals surface area (Å²) in [5.41, 5.74) is 5.30. The Hall–Kier alpha value is -7.39. The number of rotatable bonds is 17. The third-order valence-electron chi connectivity index (χ3n) is 9.84. The second-order valence-corrected chi connectivity index (χ2v) is 22.0. The predicted octanol–water partition coefficient (Wildman–Crippen LogP) is 8.91. The van der Waals surface area contributed by atoms with Gasteiger partial charge in [0, 0.05) is 33.6 Å². The van der Waals surface area contributed by atoms with Crippen LogP contribution in [0.25, 0.3) is 21.5 Å². The van der Waals surface area contributed by atoms with Crippen LogP contribution < -0.4 is 15.8 Å². The minimum Gasteiger partial charge on any atom is -0.505 e. The fourth-order valence-electron chi connectivity index (χ4n) is 6.55. The first-order valence-electron chi connectivity index (χ1n) is 19.6. The van der Waals surface area contributed by atoms with Crippen molar-refractivity contribution in [3.8, 4) is 11.5 Å². The van der Waals surface area contributed by atoms with Crippen LogP contribution in [-0.2, 0) is 50.6 Å². The van der Waals surface area contributed by atoms with E-state index in [1.165, 1.54) is 78.9 Å². The maximum Gasteiger partial charge on any atom is 0.296 e. The van der Waals surface area contributed by atoms with Crippen molar-refractivity contribution in [2.24, 2.45) is 30.7 Å². The van der Waals surface area contributed by atoms with E-state index >= 15 is 0 Å². The van der Waals surface area contributed by atoms with Gasteiger partial charge in [0.1, 0.15) is 26.9 Å². The molecule has 0 atom stereocenters. The Bertz CT molecular complexity index is 3970. The molecule has 0 aromatic heterocycles. The number of phenolic OH excluding ortho intramolecular Hbond substituents is 1. The van der Waals surface area contributed by atoms with Crippen molar-refractivity contribution in [3.05, 3.63) is 115 Å². The Labute approximate surface area is 402 Å². The lowest BCUT2D eigenvalue weighted by molar-refractivity contribution is 0.317. The zero-order chi connectivity index (χ0) is 51.7. The van der Waals surface area contributed by atoms with Crippen LogP contribution in [0.5, 0.6) is 11.5 Å². The number of benzene rings is 7. The van der Waals surface area contributed by atoms with Crippen LogP contribution in [-0.4, -0.2) is 82.3 Å². The molecule has 71 heavy (non-hydrogen) atoms. The number of fused-ring (bicyclic) bond motifs is 2. The number of hydrogen-bond donors (Lipinski definition) is 8. The number of phenols is 1. The van der Waals surface area contributed by atoms with E-state index < -0.39 is 82.5 Å². The van der Waals surface area contributed by atoms with Crippen LogP contribution in [0, 0.1) is 0 Å². The van der Waals surface area contributed by atoms with Gasteiger partial charge in [-0.3, -0.25) is 22.8 Å². The molecule has 25 nitrogen and oxygen atoms in total. The van der Waals surface area contributed by atoms with Crippen LogP contribution in [0.15, 0.2) is 166 Å². The lowest BCUT2D eigenvalue weighted by atomic mass is 10.1. The summed E-state index contributed by atoms with van der Waals surface area (Å²) in [4.78, 5) is -2.49. The molecule has 0 radical (unpaired) electrons. The number of azo groups is 3. The van der Waals surface area contributed by atoms with Crippen LogP contribution in [0.4, 0.5) is 51.2 Å². The van der Waals surface area contributed by atoms with E-state index in [2.05, 4.69) is 36.0 Å². The highest BCUT2D eigenvalue weighted by atomic mass is 32.2. The van der Waals surface area contributed by atoms with Gasteiger partial charge in [-0.05, 0) is 115 Å². The van der Waals surface area contributed by atoms with Crippen molar-refractivity contribution in [2.45, 2.75) is 26.0 Å². The van der Waals surface area contributed by atoms with Gasteiger partial charge in [0.05, 0.1) is 50.6 Å². The fourth-order valence-corrected chi connectivity index (χ4v) is 9.32. The Morgan fingerprint density at radius 3 is 1.69 bits per heavy atom. The van der Waals surface area contributed by atoms with E-state index in [-0.39, 0.29) is 90.7 Å². The molecule has 0 heterocycles. The average molecular weight is 1070 g/mol. The van der Waals surface area contributed by atoms with Gasteiger partial charge >= 0.3 is 0 Å². The summed E-state index contributed by atoms with van der Waals surface area (Å²) in [5, 5.41) is 39.0. The summed E-state index contributed by atoms with van der Waals surface area (Å²) in [6, 6.07) is 23.5. The molecule has 370 valence electrons. The van der Waals surface area contributed by atoms with Crippen LogP contribution >= 0.6 is 0 Å². The molecule has 30 heteroatoms. The molecule has 0 bridgehead atoms. The summed E-state index contributed by atoms with van der Waals surface area (Å²) in [6.07, 6.45) is -0.158. The van der Waals surface area contributed by atoms with Crippen LogP contribution in [0.1, 0.15) is 6.42 Å². The Balaban J connectivity index is 1.25. The topological polar surface area (TPSA) is 414 Å². The molecule has 0 aliphatic heterocycles. The highest BCUT2D eigenvalue weighted by Crippen LogP contribution is 2.44. The van der Waals surface area contributed by atoms with Gasteiger partial charge in [-0.15, -0.1) is 20.5 Å². The maximum atomic E-state index is 12.7. The molecule has 0 aliphatic rings. The number of ether oxygens (including phenoxy) is 1. The van der Waals surface area contributed by atoms with E-state index in [0.29, 0.717) is 0 Å². The summed E-state index contributed by atoms with van der Waals surface area (Å²) in [7, 11) is -23.5. The van der Waals surface area contributed by atoms with Gasteiger partial charge in [0.15, 0.2) is 5.75 Å². The van der Waals surface area contributed by atoms with E-state index in [0.717, 1.165) is 36.4 Å². The van der Waals surface area contributed by atoms with Crippen molar-refractivity contribution >= 4 is 123 Å². The highest BCUT2D eigenvalue weighted by Gasteiger charge is 2.23. The molecule has 0 unspecified atom stereocenters. The fraction of sp³-hybridized carbons (Fsp3) is 0.0732. The quantitative estimate of drug-likeness (QED) is 0.0182. The number of nitrogens with zero attached hydrogens (tertiary/aromatic N) is 6. The number of nitrogens with two attached hydrogens (primary N) is 1. The number of nitrogens with one attached hydrogen (secondary N) is 1. The molecule has 7 aromatic rings. The van der Waals surface area contributed by atoms with E-state index in [9.17, 15) is 70.0 Å². The van der Waals surface area contributed by atoms with Gasteiger partial charge in [0.2, 0.25) is 0 Å². The zero-order valence-electron chi connectivity index (χ0n) is 35.6. The van der Waals surface area contributed by atoms with Crippen LogP contribution in [0.3, 0.4) is 0 Å². The average Bonchev–Trinajstić information content (AvgIpc) is 3.28. The van der Waals surface area contributed by atoms with Crippen molar-refractivity contribution in [3.63, 3.8) is 0 Å². The van der Waals surface area contributed by atoms with Gasteiger partial charge < -0.3 is 20.9 Å². The molecule has 0 spiro atoms. The molecule has 0 saturated heterocycles. The van der Waals surface area contributed by atoms with Gasteiger partial charge in [-0.2, -0.15) is 52.3 Å². The van der Waals surface area contributed by atoms with Crippen molar-refractivity contribution < 1.29 is 74.7 Å². The number of nitrogen functional groups attached to an aromatic ring is 1. The first-order chi connectivity index (χ1) is 33.1. The maximum absolute atomic E-state index is 12.7. The third-order valence-corrected chi connectivity index (χ3v) is 14.1. The van der Waals surface area contributed by atoms with Gasteiger partial charge in [-0.1, -0.05) is 6.07 Å². The number of anilines is 3. The van der Waals surface area contributed by atoms with Crippen molar-refractivity contribution in [1.29, 1.82) is 0 Å². The highest BCUT2D eigenvalue weighted by molar-refractivity contribution is 7.87. The number of aromatic hydroxyl groups is 1. The summed E-state index contributed by atoms with van der Waals surface area (Å²) in [5.74, 6) is -1.43. The predicted molar refractivity (Wildman–Crippen MR) is 255 cm³/mol. The first-order valence-corrected chi connectivity index (χ1v) is 27.0. The molecule has 7 rings (SSSR count). The second kappa shape index (κ2) is 19.8. The lowest BCUT2D eigenvalue weighted by Crippen LogP contribution is -2.08. The Morgan fingerprint density at radius 1 is 0.493 bits per heavy atom. The van der Waals surface area contributed by atoms with E-state index in [1.807, 2.05) is 0 Å². The molecular formula is C41H34N8O17S5. The summed E-state index contributed by atoms with van der Waals surface area (Å²) in [6.45, 7) is -0.251. The van der Waals surface area contributed by atoms with Crippen molar-refractivity contribution in [1.82, 2.24) is 0 Å². The minimum atomic E-state index is -5.17. The molecule has 0 fully saturated rings. The number of hydrogen-bond acceptors (Lipinski definition) is 20. The minimum absolute atomic E-state index is 0.00644. The zero-order valence-corrected chi connectivity index (χ0v) is 39.6. The molecular weight excluding hydrogens is 1040 g/mol. The second-order valence-electron chi connectivity index (χ2n) is 14.8. The molecule has 9 N–H and O–H groups in total. The smallest absolute Gasteiger partial charge is 0.296 e. The normalized spacial score (nSPS) is 13.0. The van der Waals surface area contributed by atoms with E-state index in [4.69, 9.17) is 10.5 Å². The molecule has 0 aliphatic carbocycles. The first kappa shape index (κ1) is 51.5. The monoisotopic (exact) mass is 1070 g/mol. The van der Waals surface area contributed by atoms with Gasteiger partial charge in [0.25, 0.3) is 50.6 Å². The standard InChI is InChI=1S/C41H34N8O17S5/c42-33-12-5-26(21-38(33)70(60,61)62)43-25-4-10-30-23(18-25)19-39(71(63,64)65)40(41(30)50)49-47-35-15-14-34(31-11-9-29(22-32(31)35)69(57,58)59)46-48-36-13-6-27(20-37(36)66-16-1-17-67(51,52)53)45-44-24-2-7-28(8-3-24)68(54,55)56/h2-15,18-22,43,50H,1,16-17,42H2,(H,51,52,53)(H,54,55,56)(H,57,58,59)(H,60,61,62)(H,63,64,65). The SMILES string of the molecule is Nc1ccc(Nc2ccc3c(O)c(N=Nc4ccc(N=Nc5ccc(N=Nc6ccc(S(=O)(=O)O)cc6)cc5OCCCS(=O)(=O)O)c5ccc(S(=O)(=O)O)cc45)c(S(=O)(=O)O)cc3c2)cc1S(=O)(=O)O. The molecule has 7 aromatic carbocycles. The molecule has 0 amide bonds. The lowest BCUT2D eigenvalue weighted by Gasteiger charge is -2.13. The third kappa shape index (κ3) is 12.7. The van der Waals surface area contributed by atoms with E-state index in [1.54, 1.807) is 0 Å². The Morgan fingerprint density at radius 2 is 1.04 bits per heavy atom. The summed E-state index contributed by atoms with van der Waals surface area (Å²) < 4.78 is 173. The van der Waals surface area contributed by atoms with Gasteiger partial charge in [-0.25, -0.2) is 0 Å². The largest absolute Gasteiger partial charge is 0.505 e. The molecule has 0 saturated carbocycles. The van der Waals surface area contributed by atoms with Crippen molar-refractivity contribution in [2.75, 3.05) is 23.4 Å².